The molecule has 0 bridgehead atoms. The summed E-state index contributed by atoms with van der Waals surface area (Å²) < 4.78 is 23.0. The molecule has 1 saturated heterocycles. The lowest BCUT2D eigenvalue weighted by molar-refractivity contribution is 0.447. The van der Waals surface area contributed by atoms with Gasteiger partial charge in [0, 0.05) is 25.0 Å². The van der Waals surface area contributed by atoms with Crippen LogP contribution in [0.5, 0.6) is 0 Å². The number of benzene rings is 1. The average molecular weight is 268 g/mol. The van der Waals surface area contributed by atoms with E-state index in [4.69, 9.17) is 5.73 Å². The van der Waals surface area contributed by atoms with Crippen LogP contribution in [-0.2, 0) is 9.84 Å². The molecule has 0 unspecified atom stereocenters. The predicted octanol–water partition coefficient (Wildman–Crippen LogP) is 1.91. The van der Waals surface area contributed by atoms with Gasteiger partial charge < -0.3 is 10.6 Å². The van der Waals surface area contributed by atoms with Gasteiger partial charge in [-0.2, -0.15) is 0 Å². The van der Waals surface area contributed by atoms with Crippen LogP contribution in [0.15, 0.2) is 23.1 Å². The Balaban J connectivity index is 2.29. The second-order valence-corrected chi connectivity index (χ2v) is 7.17. The van der Waals surface area contributed by atoms with E-state index in [-0.39, 0.29) is 4.90 Å². The summed E-state index contributed by atoms with van der Waals surface area (Å²) in [5.74, 6) is 0.676. The Morgan fingerprint density at radius 1 is 1.39 bits per heavy atom. The van der Waals surface area contributed by atoms with E-state index in [9.17, 15) is 8.42 Å². The monoisotopic (exact) mass is 268 g/mol. The fourth-order valence-corrected chi connectivity index (χ4v) is 3.30. The Bertz CT molecular complexity index is 540. The van der Waals surface area contributed by atoms with Gasteiger partial charge in [-0.05, 0) is 37.0 Å². The number of nitrogen functional groups attached to an aromatic ring is 1. The van der Waals surface area contributed by atoms with Crippen molar-refractivity contribution in [1.82, 2.24) is 0 Å². The van der Waals surface area contributed by atoms with Crippen LogP contribution in [0.1, 0.15) is 19.8 Å². The first-order valence-corrected chi connectivity index (χ1v) is 8.11. The molecule has 0 spiro atoms. The van der Waals surface area contributed by atoms with Gasteiger partial charge in [-0.15, -0.1) is 0 Å². The minimum atomic E-state index is -3.24. The third kappa shape index (κ3) is 2.77. The van der Waals surface area contributed by atoms with E-state index in [1.54, 1.807) is 12.1 Å². The molecule has 1 heterocycles. The molecule has 1 atom stereocenters. The van der Waals surface area contributed by atoms with Crippen molar-refractivity contribution >= 4 is 21.2 Å². The number of hydrogen-bond donors (Lipinski definition) is 1. The van der Waals surface area contributed by atoms with Gasteiger partial charge in [0.2, 0.25) is 0 Å². The van der Waals surface area contributed by atoms with E-state index in [1.165, 1.54) is 19.1 Å². The zero-order valence-electron chi connectivity index (χ0n) is 10.9. The summed E-state index contributed by atoms with van der Waals surface area (Å²) in [6.07, 6.45) is 3.61. The number of nitrogens with zero attached hydrogens (tertiary/aromatic N) is 1. The molecular weight excluding hydrogens is 248 g/mol. The number of hydrogen-bond acceptors (Lipinski definition) is 4. The van der Waals surface area contributed by atoms with Crippen LogP contribution in [-0.4, -0.2) is 27.8 Å². The normalized spacial score (nSPS) is 21.0. The number of piperidine rings is 1. The maximum absolute atomic E-state index is 11.5. The zero-order chi connectivity index (χ0) is 13.3. The van der Waals surface area contributed by atoms with Crippen LogP contribution >= 0.6 is 0 Å². The third-order valence-electron chi connectivity index (χ3n) is 3.42. The van der Waals surface area contributed by atoms with Crippen molar-refractivity contribution < 1.29 is 8.42 Å². The van der Waals surface area contributed by atoms with E-state index in [1.807, 2.05) is 6.07 Å². The van der Waals surface area contributed by atoms with Gasteiger partial charge in [-0.3, -0.25) is 0 Å². The number of anilines is 2. The average Bonchev–Trinajstić information content (AvgIpc) is 2.27. The molecule has 4 nitrogen and oxygen atoms in total. The Kier molecular flexibility index (Phi) is 3.52. The van der Waals surface area contributed by atoms with E-state index in [2.05, 4.69) is 11.8 Å². The van der Waals surface area contributed by atoms with Crippen LogP contribution < -0.4 is 10.6 Å². The molecule has 1 fully saturated rings. The van der Waals surface area contributed by atoms with Crippen molar-refractivity contribution in [3.8, 4) is 0 Å². The lowest BCUT2D eigenvalue weighted by Gasteiger charge is -2.33. The van der Waals surface area contributed by atoms with Crippen LogP contribution in [0.4, 0.5) is 11.4 Å². The number of rotatable bonds is 2. The summed E-state index contributed by atoms with van der Waals surface area (Å²) in [5, 5.41) is 0. The van der Waals surface area contributed by atoms with Gasteiger partial charge >= 0.3 is 0 Å². The summed E-state index contributed by atoms with van der Waals surface area (Å²) in [6.45, 7) is 4.26. The number of nitrogens with two attached hydrogens (primary N) is 1. The molecule has 2 rings (SSSR count). The van der Waals surface area contributed by atoms with E-state index >= 15 is 0 Å². The first-order valence-electron chi connectivity index (χ1n) is 6.22. The molecule has 1 aliphatic rings. The molecule has 100 valence electrons. The van der Waals surface area contributed by atoms with Crippen molar-refractivity contribution in [1.29, 1.82) is 0 Å². The second-order valence-electron chi connectivity index (χ2n) is 5.19. The molecule has 5 heteroatoms. The molecule has 0 saturated carbocycles. The number of sulfone groups is 1. The van der Waals surface area contributed by atoms with Crippen molar-refractivity contribution in [2.45, 2.75) is 24.7 Å². The fourth-order valence-electron chi connectivity index (χ4n) is 2.49. The highest BCUT2D eigenvalue weighted by atomic mass is 32.2. The first kappa shape index (κ1) is 13.2. The van der Waals surface area contributed by atoms with E-state index < -0.39 is 9.84 Å². The SMILES string of the molecule is C[C@@H]1CCCN(c2ccc(S(C)(=O)=O)c(N)c2)C1. The third-order valence-corrected chi connectivity index (χ3v) is 4.59. The molecule has 0 radical (unpaired) electrons. The van der Waals surface area contributed by atoms with Crippen molar-refractivity contribution in [3.05, 3.63) is 18.2 Å². The van der Waals surface area contributed by atoms with E-state index in [0.717, 1.165) is 18.8 Å². The van der Waals surface area contributed by atoms with Gasteiger partial charge in [0.05, 0.1) is 10.6 Å². The highest BCUT2D eigenvalue weighted by molar-refractivity contribution is 7.90. The molecule has 0 aliphatic carbocycles. The van der Waals surface area contributed by atoms with Gasteiger partial charge in [0.15, 0.2) is 9.84 Å². The molecular formula is C13H20N2O2S. The second kappa shape index (κ2) is 4.80. The Hall–Kier alpha value is -1.23. The van der Waals surface area contributed by atoms with Crippen LogP contribution in [0.25, 0.3) is 0 Å². The molecule has 18 heavy (non-hydrogen) atoms. The topological polar surface area (TPSA) is 63.4 Å². The predicted molar refractivity (Wildman–Crippen MR) is 74.6 cm³/mol. The largest absolute Gasteiger partial charge is 0.398 e. The fraction of sp³-hybridized carbons (Fsp3) is 0.538. The first-order chi connectivity index (χ1) is 8.38. The highest BCUT2D eigenvalue weighted by Crippen LogP contribution is 2.28. The van der Waals surface area contributed by atoms with Crippen LogP contribution in [0.2, 0.25) is 0 Å². The lowest BCUT2D eigenvalue weighted by Crippen LogP contribution is -2.34. The van der Waals surface area contributed by atoms with Gasteiger partial charge in [0.25, 0.3) is 0 Å². The maximum Gasteiger partial charge on any atom is 0.177 e. The zero-order valence-corrected chi connectivity index (χ0v) is 11.7. The maximum atomic E-state index is 11.5. The van der Waals surface area contributed by atoms with Crippen molar-refractivity contribution in [3.63, 3.8) is 0 Å². The summed E-state index contributed by atoms with van der Waals surface area (Å²) in [4.78, 5) is 2.49. The van der Waals surface area contributed by atoms with E-state index in [0.29, 0.717) is 11.6 Å². The van der Waals surface area contributed by atoms with Crippen molar-refractivity contribution in [2.75, 3.05) is 30.0 Å². The highest BCUT2D eigenvalue weighted by Gasteiger charge is 2.18. The minimum absolute atomic E-state index is 0.219. The van der Waals surface area contributed by atoms with Gasteiger partial charge in [0.1, 0.15) is 0 Å². The molecule has 1 aliphatic heterocycles. The van der Waals surface area contributed by atoms with Crippen LogP contribution in [0, 0.1) is 5.92 Å². The summed E-state index contributed by atoms with van der Waals surface area (Å²) >= 11 is 0. The summed E-state index contributed by atoms with van der Waals surface area (Å²) in [5.41, 5.74) is 7.20. The standard InChI is InChI=1S/C13H20N2O2S/c1-10-4-3-7-15(9-10)11-5-6-13(12(14)8-11)18(2,16)17/h5-6,8,10H,3-4,7,9,14H2,1-2H3/t10-/m1/s1. The quantitative estimate of drug-likeness (QED) is 0.832. The minimum Gasteiger partial charge on any atom is -0.398 e. The molecule has 1 aromatic carbocycles. The van der Waals surface area contributed by atoms with Crippen LogP contribution in [0.3, 0.4) is 0 Å². The molecule has 0 aromatic heterocycles. The Morgan fingerprint density at radius 2 is 2.11 bits per heavy atom. The molecule has 2 N–H and O–H groups in total. The Morgan fingerprint density at radius 3 is 2.67 bits per heavy atom. The summed E-state index contributed by atoms with van der Waals surface area (Å²) in [6, 6.07) is 5.23. The summed E-state index contributed by atoms with van der Waals surface area (Å²) in [7, 11) is -3.24. The smallest absolute Gasteiger partial charge is 0.177 e. The lowest BCUT2D eigenvalue weighted by atomic mass is 10.00. The van der Waals surface area contributed by atoms with Gasteiger partial charge in [-0.1, -0.05) is 6.92 Å². The van der Waals surface area contributed by atoms with Gasteiger partial charge in [-0.25, -0.2) is 8.42 Å². The molecule has 1 aromatic rings. The molecule has 0 amide bonds. The Labute approximate surface area is 109 Å². The van der Waals surface area contributed by atoms with Crippen molar-refractivity contribution in [2.24, 2.45) is 5.92 Å².